The van der Waals surface area contributed by atoms with E-state index in [2.05, 4.69) is 16.0 Å². The Bertz CT molecular complexity index is 1000. The van der Waals surface area contributed by atoms with Crippen molar-refractivity contribution >= 4 is 29.1 Å². The van der Waals surface area contributed by atoms with E-state index in [-0.39, 0.29) is 28.1 Å². The summed E-state index contributed by atoms with van der Waals surface area (Å²) < 4.78 is 0. The molecule has 2 aromatic rings. The van der Waals surface area contributed by atoms with E-state index < -0.39 is 33.7 Å². The van der Waals surface area contributed by atoms with Crippen molar-refractivity contribution in [2.24, 2.45) is 0 Å². The first kappa shape index (κ1) is 24.5. The van der Waals surface area contributed by atoms with Gasteiger partial charge in [-0.05, 0) is 71.9 Å². The van der Waals surface area contributed by atoms with Crippen LogP contribution < -0.4 is 16.0 Å². The zero-order valence-corrected chi connectivity index (χ0v) is 19.0. The second-order valence-electron chi connectivity index (χ2n) is 9.47. The summed E-state index contributed by atoms with van der Waals surface area (Å²) in [5.74, 6) is -1.32. The molecule has 32 heavy (non-hydrogen) atoms. The topological polar surface area (TPSA) is 130 Å². The third kappa shape index (κ3) is 7.19. The maximum atomic E-state index is 12.7. The van der Waals surface area contributed by atoms with Crippen LogP contribution in [-0.2, 0) is 0 Å². The first-order valence-electron chi connectivity index (χ1n) is 10.0. The minimum atomic E-state index is -0.556. The van der Waals surface area contributed by atoms with Crippen LogP contribution in [0, 0.1) is 10.1 Å². The molecule has 0 spiro atoms. The number of carbonyl (C=O) groups is 3. The lowest BCUT2D eigenvalue weighted by Gasteiger charge is -2.22. The summed E-state index contributed by atoms with van der Waals surface area (Å²) >= 11 is 0. The summed E-state index contributed by atoms with van der Waals surface area (Å²) in [6.07, 6.45) is 0. The van der Waals surface area contributed by atoms with E-state index >= 15 is 0 Å². The number of nitro benzene ring substituents is 1. The van der Waals surface area contributed by atoms with Crippen LogP contribution in [-0.4, -0.2) is 33.7 Å². The van der Waals surface area contributed by atoms with E-state index in [1.54, 1.807) is 0 Å². The zero-order chi connectivity index (χ0) is 24.3. The van der Waals surface area contributed by atoms with Crippen molar-refractivity contribution in [1.82, 2.24) is 10.6 Å². The van der Waals surface area contributed by atoms with Crippen molar-refractivity contribution in [3.05, 3.63) is 69.3 Å². The third-order valence-electron chi connectivity index (χ3n) is 4.03. The summed E-state index contributed by atoms with van der Waals surface area (Å²) in [4.78, 5) is 48.3. The van der Waals surface area contributed by atoms with Gasteiger partial charge in [-0.15, -0.1) is 0 Å². The lowest BCUT2D eigenvalue weighted by molar-refractivity contribution is -0.384. The predicted octanol–water partition coefficient (Wildman–Crippen LogP) is 3.90. The van der Waals surface area contributed by atoms with Gasteiger partial charge in [0.1, 0.15) is 0 Å². The highest BCUT2D eigenvalue weighted by Gasteiger charge is 2.21. The molecular weight excluding hydrogens is 412 g/mol. The molecule has 3 amide bonds. The lowest BCUT2D eigenvalue weighted by atomic mass is 10.0. The van der Waals surface area contributed by atoms with Crippen LogP contribution in [0.15, 0.2) is 42.5 Å². The fraction of sp³-hybridized carbons (Fsp3) is 0.348. The Balaban J connectivity index is 2.39. The molecule has 0 aliphatic carbocycles. The quantitative estimate of drug-likeness (QED) is 0.479. The van der Waals surface area contributed by atoms with Crippen LogP contribution in [0.5, 0.6) is 0 Å². The van der Waals surface area contributed by atoms with E-state index in [1.807, 2.05) is 41.5 Å². The molecule has 0 fully saturated rings. The lowest BCUT2D eigenvalue weighted by Crippen LogP contribution is -2.41. The van der Waals surface area contributed by atoms with Gasteiger partial charge in [0.2, 0.25) is 0 Å². The number of nitrogens with zero attached hydrogens (tertiary/aromatic N) is 1. The van der Waals surface area contributed by atoms with Crippen LogP contribution in [0.4, 0.5) is 11.4 Å². The smallest absolute Gasteiger partial charge is 0.269 e. The second kappa shape index (κ2) is 9.17. The number of nitro groups is 1. The molecule has 3 N–H and O–H groups in total. The maximum absolute atomic E-state index is 12.7. The van der Waals surface area contributed by atoms with Gasteiger partial charge in [0, 0.05) is 45.6 Å². The highest BCUT2D eigenvalue weighted by molar-refractivity contribution is 6.07. The summed E-state index contributed by atoms with van der Waals surface area (Å²) in [6, 6.07) is 9.52. The van der Waals surface area contributed by atoms with Gasteiger partial charge in [-0.1, -0.05) is 0 Å². The predicted molar refractivity (Wildman–Crippen MR) is 122 cm³/mol. The number of non-ortho nitro benzene ring substituents is 1. The SMILES string of the molecule is CC(C)(C)NC(=O)c1cc(NC(=O)c2ccc([N+](=O)[O-])cc2)cc(C(=O)NC(C)(C)C)c1. The fourth-order valence-electron chi connectivity index (χ4n) is 2.73. The van der Waals surface area contributed by atoms with Crippen LogP contribution in [0.2, 0.25) is 0 Å². The molecule has 2 aromatic carbocycles. The molecule has 170 valence electrons. The van der Waals surface area contributed by atoms with Gasteiger partial charge in [0.15, 0.2) is 0 Å². The summed E-state index contributed by atoms with van der Waals surface area (Å²) in [6.45, 7) is 11.0. The molecule has 0 aromatic heterocycles. The van der Waals surface area contributed by atoms with Crippen LogP contribution in [0.3, 0.4) is 0 Å². The number of carbonyl (C=O) groups excluding carboxylic acids is 3. The van der Waals surface area contributed by atoms with E-state index in [0.717, 1.165) is 0 Å². The summed E-state index contributed by atoms with van der Waals surface area (Å²) in [5, 5.41) is 19.1. The third-order valence-corrected chi connectivity index (χ3v) is 4.03. The van der Waals surface area contributed by atoms with Crippen molar-refractivity contribution in [2.45, 2.75) is 52.6 Å². The van der Waals surface area contributed by atoms with E-state index in [1.165, 1.54) is 42.5 Å². The van der Waals surface area contributed by atoms with Crippen LogP contribution in [0.1, 0.15) is 72.6 Å². The second-order valence-corrected chi connectivity index (χ2v) is 9.47. The van der Waals surface area contributed by atoms with Crippen molar-refractivity contribution < 1.29 is 19.3 Å². The van der Waals surface area contributed by atoms with Crippen LogP contribution >= 0.6 is 0 Å². The molecule has 0 bridgehead atoms. The minimum Gasteiger partial charge on any atom is -0.347 e. The number of hydrogen-bond acceptors (Lipinski definition) is 5. The van der Waals surface area contributed by atoms with E-state index in [0.29, 0.717) is 0 Å². The normalized spacial score (nSPS) is 11.4. The van der Waals surface area contributed by atoms with Crippen molar-refractivity contribution in [3.63, 3.8) is 0 Å². The molecule has 0 saturated heterocycles. The first-order chi connectivity index (χ1) is 14.6. The monoisotopic (exact) mass is 440 g/mol. The largest absolute Gasteiger partial charge is 0.347 e. The molecular formula is C23H28N4O5. The zero-order valence-electron chi connectivity index (χ0n) is 19.0. The molecule has 0 atom stereocenters. The molecule has 0 saturated carbocycles. The highest BCUT2D eigenvalue weighted by Crippen LogP contribution is 2.19. The Morgan fingerprint density at radius 1 is 0.719 bits per heavy atom. The number of nitrogens with one attached hydrogen (secondary N) is 3. The molecule has 9 nitrogen and oxygen atoms in total. The number of benzene rings is 2. The van der Waals surface area contributed by atoms with Crippen molar-refractivity contribution in [2.75, 3.05) is 5.32 Å². The van der Waals surface area contributed by atoms with Gasteiger partial charge in [0.05, 0.1) is 4.92 Å². The van der Waals surface area contributed by atoms with Crippen molar-refractivity contribution in [3.8, 4) is 0 Å². The van der Waals surface area contributed by atoms with E-state index in [4.69, 9.17) is 0 Å². The van der Waals surface area contributed by atoms with Gasteiger partial charge in [-0.2, -0.15) is 0 Å². The standard InChI is InChI=1S/C23H28N4O5/c1-22(2,3)25-20(29)15-11-16(21(30)26-23(4,5)6)13-17(12-15)24-19(28)14-7-9-18(10-8-14)27(31)32/h7-13H,1-6H3,(H,24,28)(H,25,29)(H,26,30). The van der Waals surface area contributed by atoms with Gasteiger partial charge in [-0.25, -0.2) is 0 Å². The Kier molecular flexibility index (Phi) is 7.03. The highest BCUT2D eigenvalue weighted by atomic mass is 16.6. The molecule has 0 radical (unpaired) electrons. The summed E-state index contributed by atoms with van der Waals surface area (Å²) in [7, 11) is 0. The number of anilines is 1. The summed E-state index contributed by atoms with van der Waals surface area (Å²) in [5.41, 5.74) is -0.273. The van der Waals surface area contributed by atoms with Crippen LogP contribution in [0.25, 0.3) is 0 Å². The minimum absolute atomic E-state index is 0.136. The van der Waals surface area contributed by atoms with Crippen molar-refractivity contribution in [1.29, 1.82) is 0 Å². The first-order valence-corrected chi connectivity index (χ1v) is 10.0. The van der Waals surface area contributed by atoms with E-state index in [9.17, 15) is 24.5 Å². The Labute approximate surface area is 186 Å². The Morgan fingerprint density at radius 2 is 1.16 bits per heavy atom. The Hall–Kier alpha value is -3.75. The molecule has 0 aliphatic heterocycles. The molecule has 0 unspecified atom stereocenters. The molecule has 0 heterocycles. The van der Waals surface area contributed by atoms with Gasteiger partial charge in [0.25, 0.3) is 23.4 Å². The molecule has 2 rings (SSSR count). The molecule has 0 aliphatic rings. The number of amides is 3. The number of rotatable bonds is 5. The molecule has 9 heteroatoms. The number of hydrogen-bond donors (Lipinski definition) is 3. The Morgan fingerprint density at radius 3 is 1.53 bits per heavy atom. The van der Waals surface area contributed by atoms with Gasteiger partial charge >= 0.3 is 0 Å². The fourth-order valence-corrected chi connectivity index (χ4v) is 2.73. The van der Waals surface area contributed by atoms with Gasteiger partial charge in [-0.3, -0.25) is 24.5 Å². The van der Waals surface area contributed by atoms with Gasteiger partial charge < -0.3 is 16.0 Å². The maximum Gasteiger partial charge on any atom is 0.269 e. The average molecular weight is 441 g/mol. The average Bonchev–Trinajstić information content (AvgIpc) is 2.65.